The van der Waals surface area contributed by atoms with Crippen molar-refractivity contribution in [3.8, 4) is 0 Å². The van der Waals surface area contributed by atoms with Gasteiger partial charge in [-0.3, -0.25) is 0 Å². The second kappa shape index (κ2) is 7.88. The van der Waals surface area contributed by atoms with Crippen LogP contribution in [0.2, 0.25) is 0 Å². The van der Waals surface area contributed by atoms with Crippen LogP contribution >= 0.6 is 0 Å². The second-order valence-electron chi connectivity index (χ2n) is 9.59. The first kappa shape index (κ1) is 20.9. The van der Waals surface area contributed by atoms with E-state index in [1.807, 2.05) is 97.1 Å². The van der Waals surface area contributed by atoms with Crippen LogP contribution in [0.3, 0.4) is 0 Å². The average Bonchev–Trinajstić information content (AvgIpc) is 3.74. The Hall–Kier alpha value is -5.24. The third kappa shape index (κ3) is 3.10. The molecule has 38 heavy (non-hydrogen) atoms. The summed E-state index contributed by atoms with van der Waals surface area (Å²) in [7, 11) is 0. The van der Waals surface area contributed by atoms with Crippen molar-refractivity contribution >= 4 is 44.1 Å². The van der Waals surface area contributed by atoms with Crippen LogP contribution in [0.5, 0.6) is 0 Å². The summed E-state index contributed by atoms with van der Waals surface area (Å²) in [4.78, 5) is 34.6. The van der Waals surface area contributed by atoms with Crippen LogP contribution in [0.25, 0.3) is 44.1 Å². The summed E-state index contributed by atoms with van der Waals surface area (Å²) < 4.78 is 0. The van der Waals surface area contributed by atoms with Gasteiger partial charge in [-0.05, 0) is 48.5 Å². The molecule has 8 rings (SSSR count). The number of nitrogens with zero attached hydrogens (tertiary/aromatic N) is 4. The van der Waals surface area contributed by atoms with Crippen LogP contribution < -0.4 is 0 Å². The van der Waals surface area contributed by atoms with Crippen LogP contribution in [-0.2, 0) is 11.8 Å². The fraction of sp³-hybridized carbons (Fsp3) is 0.0667. The average molecular weight is 495 g/mol. The molecule has 4 heterocycles. The molecular formula is C30H22N8. The zero-order chi connectivity index (χ0) is 25.1. The summed E-state index contributed by atoms with van der Waals surface area (Å²) in [5.41, 5.74) is 6.45. The van der Waals surface area contributed by atoms with Gasteiger partial charge in [0.1, 0.15) is 23.3 Å². The zero-order valence-corrected chi connectivity index (χ0v) is 20.2. The van der Waals surface area contributed by atoms with Crippen LogP contribution in [0.4, 0.5) is 0 Å². The highest BCUT2D eigenvalue weighted by Crippen LogP contribution is 2.40. The summed E-state index contributed by atoms with van der Waals surface area (Å²) >= 11 is 0. The number of H-pyrrole nitrogens is 4. The van der Waals surface area contributed by atoms with Gasteiger partial charge in [-0.2, -0.15) is 0 Å². The maximum atomic E-state index is 5.11. The zero-order valence-electron chi connectivity index (χ0n) is 20.2. The van der Waals surface area contributed by atoms with Crippen molar-refractivity contribution in [1.82, 2.24) is 39.9 Å². The lowest BCUT2D eigenvalue weighted by molar-refractivity contribution is 0.510. The molecule has 0 spiro atoms. The number of fused-ring (bicyclic) bond motifs is 4. The first-order valence-corrected chi connectivity index (χ1v) is 12.6. The van der Waals surface area contributed by atoms with Gasteiger partial charge in [0, 0.05) is 6.42 Å². The molecule has 8 aromatic rings. The highest BCUT2D eigenvalue weighted by Gasteiger charge is 2.46. The molecule has 0 bridgehead atoms. The largest absolute Gasteiger partial charge is 0.342 e. The van der Waals surface area contributed by atoms with Crippen LogP contribution in [0.15, 0.2) is 97.1 Å². The van der Waals surface area contributed by atoms with Crippen molar-refractivity contribution in [2.24, 2.45) is 0 Å². The lowest BCUT2D eigenvalue weighted by Gasteiger charge is -2.27. The van der Waals surface area contributed by atoms with E-state index in [9.17, 15) is 0 Å². The van der Waals surface area contributed by atoms with Crippen LogP contribution in [0, 0.1) is 0 Å². The molecule has 0 radical (unpaired) electrons. The molecule has 0 saturated carbocycles. The first-order valence-electron chi connectivity index (χ1n) is 12.6. The smallest absolute Gasteiger partial charge is 0.150 e. The minimum absolute atomic E-state index is 0.446. The summed E-state index contributed by atoms with van der Waals surface area (Å²) in [5.74, 6) is 3.01. The van der Waals surface area contributed by atoms with E-state index in [2.05, 4.69) is 19.9 Å². The number of rotatable bonds is 5. The van der Waals surface area contributed by atoms with Gasteiger partial charge in [-0.1, -0.05) is 48.5 Å². The topological polar surface area (TPSA) is 115 Å². The number of hydrogen-bond acceptors (Lipinski definition) is 4. The molecule has 0 fully saturated rings. The molecule has 4 N–H and O–H groups in total. The van der Waals surface area contributed by atoms with Gasteiger partial charge in [0.25, 0.3) is 0 Å². The Balaban J connectivity index is 1.47. The summed E-state index contributed by atoms with van der Waals surface area (Å²) in [6.45, 7) is 0. The summed E-state index contributed by atoms with van der Waals surface area (Å²) in [5, 5.41) is 0. The second-order valence-corrected chi connectivity index (χ2v) is 9.59. The monoisotopic (exact) mass is 494 g/mol. The Labute approximate surface area is 216 Å². The fourth-order valence-corrected chi connectivity index (χ4v) is 5.39. The molecule has 0 amide bonds. The van der Waals surface area contributed by atoms with Gasteiger partial charge >= 0.3 is 0 Å². The number of imidazole rings is 4. The Morgan fingerprint density at radius 2 is 0.763 bits per heavy atom. The molecule has 8 heteroatoms. The Bertz CT molecular complexity index is 1780. The number of hydrogen-bond donors (Lipinski definition) is 4. The van der Waals surface area contributed by atoms with Crippen molar-refractivity contribution in [1.29, 1.82) is 0 Å². The molecule has 4 aromatic heterocycles. The van der Waals surface area contributed by atoms with E-state index < -0.39 is 5.41 Å². The van der Waals surface area contributed by atoms with E-state index in [0.29, 0.717) is 6.42 Å². The lowest BCUT2D eigenvalue weighted by atomic mass is 9.81. The molecule has 0 aliphatic carbocycles. The molecule has 4 aromatic carbocycles. The van der Waals surface area contributed by atoms with Crippen LogP contribution in [0.1, 0.15) is 23.3 Å². The molecule has 0 atom stereocenters. The van der Waals surface area contributed by atoms with E-state index >= 15 is 0 Å². The van der Waals surface area contributed by atoms with Crippen molar-refractivity contribution < 1.29 is 0 Å². The normalized spacial score (nSPS) is 12.3. The van der Waals surface area contributed by atoms with Gasteiger partial charge in [0.05, 0.1) is 44.1 Å². The third-order valence-corrected chi connectivity index (χ3v) is 7.25. The number of nitrogens with one attached hydrogen (secondary N) is 4. The highest BCUT2D eigenvalue weighted by molar-refractivity contribution is 5.79. The molecule has 0 saturated heterocycles. The highest BCUT2D eigenvalue weighted by atomic mass is 15.1. The van der Waals surface area contributed by atoms with Gasteiger partial charge in [0.15, 0.2) is 5.41 Å². The Morgan fingerprint density at radius 1 is 0.421 bits per heavy atom. The molecular weight excluding hydrogens is 472 g/mol. The third-order valence-electron chi connectivity index (χ3n) is 7.25. The van der Waals surface area contributed by atoms with E-state index in [1.54, 1.807) is 0 Å². The van der Waals surface area contributed by atoms with Gasteiger partial charge in [0.2, 0.25) is 0 Å². The number of benzene rings is 4. The molecule has 0 unspecified atom stereocenters. The van der Waals surface area contributed by atoms with Gasteiger partial charge < -0.3 is 19.9 Å². The molecule has 182 valence electrons. The lowest BCUT2D eigenvalue weighted by Crippen LogP contribution is -2.36. The first-order chi connectivity index (χ1) is 18.8. The molecule has 8 nitrogen and oxygen atoms in total. The van der Waals surface area contributed by atoms with Crippen molar-refractivity contribution in [3.05, 3.63) is 120 Å². The van der Waals surface area contributed by atoms with Gasteiger partial charge in [-0.25, -0.2) is 19.9 Å². The van der Waals surface area contributed by atoms with Crippen molar-refractivity contribution in [3.63, 3.8) is 0 Å². The summed E-state index contributed by atoms with van der Waals surface area (Å²) in [6, 6.07) is 32.2. The molecule has 0 aliphatic heterocycles. The number of aromatic nitrogens is 8. The minimum Gasteiger partial charge on any atom is -0.342 e. The van der Waals surface area contributed by atoms with Crippen LogP contribution in [-0.4, -0.2) is 39.9 Å². The Kier molecular flexibility index (Phi) is 4.33. The van der Waals surface area contributed by atoms with Crippen molar-refractivity contribution in [2.75, 3.05) is 0 Å². The SMILES string of the molecule is c1ccc2[nH]c(CC(c3nc4ccccc4[nH]3)(c3nc4ccccc4[nH]3)c3nc4ccccc4[nH]3)nc2c1. The standard InChI is InChI=1S/C30H22N8/c1-2-10-19-18(9-1)31-26(32-19)17-30(27-33-20-11-3-4-12-21(20)34-27,28-35-22-13-5-6-14-23(22)36-28)29-37-24-15-7-8-16-25(24)38-29/h1-16H,17H2,(H,31,32)(H,33,34)(H,35,36)(H,37,38). The van der Waals surface area contributed by atoms with E-state index in [0.717, 1.165) is 67.4 Å². The van der Waals surface area contributed by atoms with E-state index in [1.165, 1.54) is 0 Å². The van der Waals surface area contributed by atoms with Gasteiger partial charge in [-0.15, -0.1) is 0 Å². The summed E-state index contributed by atoms with van der Waals surface area (Å²) in [6.07, 6.45) is 0.446. The maximum absolute atomic E-state index is 5.11. The van der Waals surface area contributed by atoms with E-state index in [4.69, 9.17) is 19.9 Å². The quantitative estimate of drug-likeness (QED) is 0.243. The molecule has 0 aliphatic rings. The Morgan fingerprint density at radius 3 is 1.13 bits per heavy atom. The van der Waals surface area contributed by atoms with Crippen molar-refractivity contribution in [2.45, 2.75) is 11.8 Å². The predicted octanol–water partition coefficient (Wildman–Crippen LogP) is 5.77. The minimum atomic E-state index is -0.926. The fourth-order valence-electron chi connectivity index (χ4n) is 5.39. The number of para-hydroxylation sites is 8. The number of aromatic amines is 4. The van der Waals surface area contributed by atoms with E-state index in [-0.39, 0.29) is 0 Å². The predicted molar refractivity (Wildman–Crippen MR) is 148 cm³/mol. The maximum Gasteiger partial charge on any atom is 0.150 e.